The maximum Gasteiger partial charge on any atom is 0.417 e. The Morgan fingerprint density at radius 1 is 1.10 bits per heavy atom. The molecule has 0 unspecified atom stereocenters. The van der Waals surface area contributed by atoms with E-state index in [1.54, 1.807) is 5.38 Å². The van der Waals surface area contributed by atoms with Gasteiger partial charge >= 0.3 is 6.18 Å². The molecule has 0 aliphatic carbocycles. The van der Waals surface area contributed by atoms with E-state index in [9.17, 15) is 30.8 Å². The summed E-state index contributed by atoms with van der Waals surface area (Å²) in [4.78, 5) is 15.8. The van der Waals surface area contributed by atoms with E-state index in [-0.39, 0.29) is 21.3 Å². The normalized spacial score (nSPS) is 12.1. The number of thiazole rings is 1. The largest absolute Gasteiger partial charge is 0.417 e. The van der Waals surface area contributed by atoms with Crippen molar-refractivity contribution in [3.05, 3.63) is 77.1 Å². The lowest BCUT2D eigenvalue weighted by molar-refractivity contribution is -0.138. The highest BCUT2D eigenvalue weighted by Crippen LogP contribution is 2.33. The zero-order valence-corrected chi connectivity index (χ0v) is 17.0. The fraction of sp³-hybridized carbons (Fsp3) is 0.0526. The van der Waals surface area contributed by atoms with Gasteiger partial charge in [-0.2, -0.15) is 13.2 Å². The Morgan fingerprint density at radius 3 is 2.42 bits per heavy atom. The van der Waals surface area contributed by atoms with E-state index in [0.717, 1.165) is 35.6 Å². The average molecular weight is 471 g/mol. The molecule has 1 aromatic heterocycles. The maximum absolute atomic E-state index is 13.1. The molecule has 1 heterocycles. The molecule has 3 aromatic rings. The molecule has 0 bridgehead atoms. The van der Waals surface area contributed by atoms with Crippen molar-refractivity contribution >= 4 is 44.2 Å². The van der Waals surface area contributed by atoms with Gasteiger partial charge in [0.25, 0.3) is 10.0 Å². The van der Waals surface area contributed by atoms with Crippen LogP contribution in [0.2, 0.25) is 0 Å². The molecule has 0 saturated heterocycles. The van der Waals surface area contributed by atoms with E-state index in [0.29, 0.717) is 6.07 Å². The second-order valence-electron chi connectivity index (χ2n) is 6.02. The van der Waals surface area contributed by atoms with Gasteiger partial charge in [0.1, 0.15) is 5.82 Å². The monoisotopic (exact) mass is 471 g/mol. The minimum atomic E-state index is -4.79. The Kier molecular flexibility index (Phi) is 6.41. The predicted molar refractivity (Wildman–Crippen MR) is 108 cm³/mol. The molecule has 2 aromatic carbocycles. The summed E-state index contributed by atoms with van der Waals surface area (Å²) in [6.45, 7) is 0. The highest BCUT2D eigenvalue weighted by Gasteiger charge is 2.33. The van der Waals surface area contributed by atoms with E-state index >= 15 is 0 Å². The first kappa shape index (κ1) is 22.4. The summed E-state index contributed by atoms with van der Waals surface area (Å²) >= 11 is 1.11. The summed E-state index contributed by atoms with van der Waals surface area (Å²) in [5.74, 6) is -1.80. The number of nitrogens with one attached hydrogen (secondary N) is 2. The first-order chi connectivity index (χ1) is 14.5. The minimum absolute atomic E-state index is 0.0719. The van der Waals surface area contributed by atoms with E-state index < -0.39 is 33.5 Å². The Bertz CT molecular complexity index is 1210. The van der Waals surface area contributed by atoms with Crippen LogP contribution in [0.4, 0.5) is 28.4 Å². The van der Waals surface area contributed by atoms with Gasteiger partial charge in [0.05, 0.1) is 10.5 Å². The van der Waals surface area contributed by atoms with Gasteiger partial charge in [-0.15, -0.1) is 11.3 Å². The molecule has 0 atom stereocenters. The van der Waals surface area contributed by atoms with Crippen LogP contribution in [0.3, 0.4) is 0 Å². The number of anilines is 2. The number of hydrogen-bond donors (Lipinski definition) is 2. The third-order valence-electron chi connectivity index (χ3n) is 3.82. The zero-order valence-electron chi connectivity index (χ0n) is 15.4. The third kappa shape index (κ3) is 5.89. The lowest BCUT2D eigenvalue weighted by Crippen LogP contribution is -2.13. The molecule has 162 valence electrons. The van der Waals surface area contributed by atoms with Crippen molar-refractivity contribution in [1.82, 2.24) is 4.98 Å². The summed E-state index contributed by atoms with van der Waals surface area (Å²) in [6.07, 6.45) is -1.57. The highest BCUT2D eigenvalue weighted by atomic mass is 32.2. The van der Waals surface area contributed by atoms with Crippen molar-refractivity contribution in [3.8, 4) is 0 Å². The number of rotatable bonds is 6. The summed E-state index contributed by atoms with van der Waals surface area (Å²) in [7, 11) is -3.86. The number of halogens is 4. The number of benzene rings is 2. The molecule has 0 aliphatic heterocycles. The van der Waals surface area contributed by atoms with Gasteiger partial charge < -0.3 is 5.32 Å². The molecule has 0 spiro atoms. The summed E-state index contributed by atoms with van der Waals surface area (Å²) in [5, 5.41) is 4.20. The van der Waals surface area contributed by atoms with Crippen molar-refractivity contribution in [2.45, 2.75) is 11.1 Å². The third-order valence-corrected chi connectivity index (χ3v) is 5.99. The second-order valence-corrected chi connectivity index (χ2v) is 8.60. The van der Waals surface area contributed by atoms with Crippen LogP contribution in [-0.4, -0.2) is 19.3 Å². The van der Waals surface area contributed by atoms with Gasteiger partial charge in [-0.05, 0) is 48.0 Å². The molecule has 6 nitrogen and oxygen atoms in total. The SMILES string of the molecule is O=C(/C=C/c1ccc(F)cc1C(F)(F)F)Nc1ccc(S(=O)(=O)Nc2nccs2)cc1. The van der Waals surface area contributed by atoms with E-state index in [1.807, 2.05) is 0 Å². The number of carbonyl (C=O) groups is 1. The van der Waals surface area contributed by atoms with Crippen molar-refractivity contribution < 1.29 is 30.8 Å². The van der Waals surface area contributed by atoms with E-state index in [2.05, 4.69) is 15.0 Å². The van der Waals surface area contributed by atoms with E-state index in [1.165, 1.54) is 30.5 Å². The fourth-order valence-electron chi connectivity index (χ4n) is 2.43. The van der Waals surface area contributed by atoms with Gasteiger partial charge in [-0.1, -0.05) is 6.07 Å². The van der Waals surface area contributed by atoms with E-state index in [4.69, 9.17) is 0 Å². The first-order valence-corrected chi connectivity index (χ1v) is 10.8. The van der Waals surface area contributed by atoms with Crippen molar-refractivity contribution in [3.63, 3.8) is 0 Å². The van der Waals surface area contributed by atoms with Crippen LogP contribution in [0, 0.1) is 5.82 Å². The molecular formula is C19H13F4N3O3S2. The number of nitrogens with zero attached hydrogens (tertiary/aromatic N) is 1. The zero-order chi connectivity index (χ0) is 22.6. The van der Waals surface area contributed by atoms with Crippen molar-refractivity contribution in [2.24, 2.45) is 0 Å². The smallest absolute Gasteiger partial charge is 0.323 e. The molecule has 0 fully saturated rings. The number of amides is 1. The van der Waals surface area contributed by atoms with Crippen molar-refractivity contribution in [2.75, 3.05) is 10.0 Å². The molecule has 0 radical (unpaired) electrons. The quantitative estimate of drug-likeness (QED) is 0.401. The molecule has 0 saturated carbocycles. The molecular weight excluding hydrogens is 458 g/mol. The Hall–Kier alpha value is -3.25. The van der Waals surface area contributed by atoms with Crippen molar-refractivity contribution in [1.29, 1.82) is 0 Å². The number of sulfonamides is 1. The summed E-state index contributed by atoms with van der Waals surface area (Å²) in [6, 6.07) is 7.25. The average Bonchev–Trinajstić information content (AvgIpc) is 3.19. The Labute approximate surface area is 178 Å². The van der Waals surface area contributed by atoms with Crippen LogP contribution in [0.15, 0.2) is 65.0 Å². The first-order valence-electron chi connectivity index (χ1n) is 8.43. The second kappa shape index (κ2) is 8.86. The van der Waals surface area contributed by atoms with Crippen LogP contribution >= 0.6 is 11.3 Å². The van der Waals surface area contributed by atoms with Gasteiger partial charge in [0, 0.05) is 23.3 Å². The Morgan fingerprint density at radius 2 is 1.81 bits per heavy atom. The fourth-order valence-corrected chi connectivity index (χ4v) is 4.22. The van der Waals surface area contributed by atoms with Crippen LogP contribution in [0.25, 0.3) is 6.08 Å². The lowest BCUT2D eigenvalue weighted by atomic mass is 10.1. The van der Waals surface area contributed by atoms with Crippen LogP contribution in [-0.2, 0) is 21.0 Å². The number of aromatic nitrogens is 1. The highest BCUT2D eigenvalue weighted by molar-refractivity contribution is 7.93. The lowest BCUT2D eigenvalue weighted by Gasteiger charge is -2.10. The number of hydrogen-bond acceptors (Lipinski definition) is 5. The predicted octanol–water partition coefficient (Wildman–Crippen LogP) is 4.75. The van der Waals surface area contributed by atoms with Gasteiger partial charge in [0.15, 0.2) is 5.13 Å². The van der Waals surface area contributed by atoms with Crippen LogP contribution in [0.1, 0.15) is 11.1 Å². The standard InChI is InChI=1S/C19H13F4N3O3S2/c20-13-3-1-12(16(11-13)19(21,22)23)2-8-17(27)25-14-4-6-15(7-5-14)31(28,29)26-18-24-9-10-30-18/h1-11H,(H,24,26)(H,25,27)/b8-2+. The van der Waals surface area contributed by atoms with Crippen LogP contribution < -0.4 is 10.0 Å². The topological polar surface area (TPSA) is 88.2 Å². The molecule has 2 N–H and O–H groups in total. The van der Waals surface area contributed by atoms with Crippen LogP contribution in [0.5, 0.6) is 0 Å². The maximum atomic E-state index is 13.1. The molecule has 0 aliphatic rings. The van der Waals surface area contributed by atoms with Gasteiger partial charge in [0.2, 0.25) is 5.91 Å². The van der Waals surface area contributed by atoms with Gasteiger partial charge in [-0.3, -0.25) is 9.52 Å². The molecule has 1 amide bonds. The molecule has 3 rings (SSSR count). The van der Waals surface area contributed by atoms with Gasteiger partial charge in [-0.25, -0.2) is 17.8 Å². The molecule has 12 heteroatoms. The Balaban J connectivity index is 1.69. The summed E-state index contributed by atoms with van der Waals surface area (Å²) in [5.41, 5.74) is -1.37. The summed E-state index contributed by atoms with van der Waals surface area (Å²) < 4.78 is 78.9. The number of carbonyl (C=O) groups excluding carboxylic acids is 1. The number of alkyl halides is 3. The minimum Gasteiger partial charge on any atom is -0.323 e. The molecule has 31 heavy (non-hydrogen) atoms.